The fraction of sp³-hybridized carbons (Fsp3) is 0.333. The average Bonchev–Trinajstić information content (AvgIpc) is 3.09. The van der Waals surface area contributed by atoms with Gasteiger partial charge >= 0.3 is 0 Å². The van der Waals surface area contributed by atoms with Gasteiger partial charge < -0.3 is 0 Å². The summed E-state index contributed by atoms with van der Waals surface area (Å²) in [6, 6.07) is 24.1. The largest absolute Gasteiger partial charge is 0.297 e. The second-order valence-corrected chi connectivity index (χ2v) is 21.2. The molecule has 5 rings (SSSR count). The summed E-state index contributed by atoms with van der Waals surface area (Å²) in [6.45, 7) is 6.16. The fourth-order valence-electron chi connectivity index (χ4n) is 5.87. The van der Waals surface area contributed by atoms with E-state index in [1.54, 1.807) is 76.2 Å². The van der Waals surface area contributed by atoms with Crippen LogP contribution in [0.4, 0.5) is 0 Å². The van der Waals surface area contributed by atoms with Gasteiger partial charge in [-0.3, -0.25) is 21.3 Å². The molecule has 4 atom stereocenters. The summed E-state index contributed by atoms with van der Waals surface area (Å²) in [5.41, 5.74) is 3.22. The molecule has 1 aliphatic heterocycles. The highest BCUT2D eigenvalue weighted by atomic mass is 32.2. The Balaban J connectivity index is 1.60. The maximum atomic E-state index is 14.3. The predicted molar refractivity (Wildman–Crippen MR) is 201 cm³/mol. The first-order valence-electron chi connectivity index (χ1n) is 16.6. The number of nitrogens with one attached hydrogen (secondary N) is 4. The molecular formula is C36H44N4O8S4. The highest BCUT2D eigenvalue weighted by molar-refractivity contribution is 7.96. The highest BCUT2D eigenvalue weighted by Gasteiger charge is 2.45. The molecule has 0 aromatic heterocycles. The van der Waals surface area contributed by atoms with E-state index in [0.717, 1.165) is 22.3 Å². The fourth-order valence-corrected chi connectivity index (χ4v) is 13.9. The van der Waals surface area contributed by atoms with E-state index in [4.69, 9.17) is 0 Å². The van der Waals surface area contributed by atoms with Crippen LogP contribution in [0.1, 0.15) is 22.3 Å². The Bertz CT molecular complexity index is 1960. The summed E-state index contributed by atoms with van der Waals surface area (Å²) in [5, 5.41) is 4.59. The molecule has 1 saturated heterocycles. The molecule has 0 radical (unpaired) electrons. The van der Waals surface area contributed by atoms with Crippen molar-refractivity contribution in [2.45, 2.75) is 68.8 Å². The summed E-state index contributed by atoms with van der Waals surface area (Å²) in [6.07, 6.45) is 0. The molecule has 12 nitrogen and oxygen atoms in total. The zero-order chi connectivity index (χ0) is 37.9. The Morgan fingerprint density at radius 3 is 0.635 bits per heavy atom. The van der Waals surface area contributed by atoms with E-state index in [0.29, 0.717) is 0 Å². The molecule has 52 heavy (non-hydrogen) atoms. The maximum absolute atomic E-state index is 14.3. The Morgan fingerprint density at radius 2 is 0.481 bits per heavy atom. The zero-order valence-corrected chi connectivity index (χ0v) is 32.5. The molecule has 0 aliphatic carbocycles. The van der Waals surface area contributed by atoms with E-state index in [1.807, 2.05) is 0 Å². The van der Waals surface area contributed by atoms with E-state index in [-0.39, 0.29) is 45.8 Å². The van der Waals surface area contributed by atoms with Crippen molar-refractivity contribution >= 4 is 39.3 Å². The van der Waals surface area contributed by atoms with Crippen molar-refractivity contribution in [3.8, 4) is 0 Å². The topological polar surface area (TPSA) is 185 Å². The van der Waals surface area contributed by atoms with E-state index < -0.39 is 60.8 Å². The van der Waals surface area contributed by atoms with E-state index in [1.165, 1.54) is 48.5 Å². The van der Waals surface area contributed by atoms with Crippen LogP contribution in [0.2, 0.25) is 0 Å². The third-order valence-corrected chi connectivity index (χ3v) is 17.4. The summed E-state index contributed by atoms with van der Waals surface area (Å²) in [4.78, 5) is -0.430. The number of sulfone groups is 4. The summed E-state index contributed by atoms with van der Waals surface area (Å²) < 4.78 is 114. The minimum Gasteiger partial charge on any atom is -0.297 e. The Morgan fingerprint density at radius 1 is 0.327 bits per heavy atom. The minimum atomic E-state index is -4.39. The van der Waals surface area contributed by atoms with Gasteiger partial charge in [0.2, 0.25) is 0 Å². The van der Waals surface area contributed by atoms with Crippen LogP contribution in [-0.4, -0.2) is 81.3 Å². The molecule has 1 heterocycles. The van der Waals surface area contributed by atoms with Crippen molar-refractivity contribution in [3.63, 3.8) is 0 Å². The van der Waals surface area contributed by atoms with Gasteiger partial charge in [-0.15, -0.1) is 0 Å². The maximum Gasteiger partial charge on any atom is 0.196 e. The smallest absolute Gasteiger partial charge is 0.196 e. The van der Waals surface area contributed by atoms with Crippen molar-refractivity contribution in [1.29, 1.82) is 0 Å². The normalized spacial score (nSPS) is 21.5. The molecule has 1 aliphatic rings. The second kappa shape index (κ2) is 15.9. The SMILES string of the molecule is Cc1ccc(S(=O)(=O)[C@@H]2NCCN[C@H](S(=O)(=O)c3ccc(C)cc3)[C@@H](S(=O)(=O)c3ccc(C)cc3)NCCN[C@H]2S(=O)(=O)c2ccc(C)cc2)cc1. The van der Waals surface area contributed by atoms with Crippen molar-refractivity contribution in [1.82, 2.24) is 21.3 Å². The summed E-state index contributed by atoms with van der Waals surface area (Å²) >= 11 is 0. The molecule has 280 valence electrons. The van der Waals surface area contributed by atoms with Gasteiger partial charge in [0.25, 0.3) is 0 Å². The zero-order valence-electron chi connectivity index (χ0n) is 29.3. The molecule has 1 fully saturated rings. The quantitative estimate of drug-likeness (QED) is 0.205. The standard InChI is InChI=1S/C36H44N4O8S4/c1-25-5-13-29(14-6-25)49(41,42)33-34(50(43,44)30-15-7-26(2)8-16-30)38-23-24-40-36(52(47,48)32-19-11-28(4)12-20-32)35(39-22-21-37-33)51(45,46)31-17-9-27(3)10-18-31/h5-20,33-40H,21-24H2,1-4H3/t33-,34-,35+,36+. The van der Waals surface area contributed by atoms with Gasteiger partial charge in [0.1, 0.15) is 21.5 Å². The van der Waals surface area contributed by atoms with Crippen molar-refractivity contribution in [2.75, 3.05) is 26.2 Å². The number of benzene rings is 4. The van der Waals surface area contributed by atoms with Gasteiger partial charge in [-0.25, -0.2) is 33.7 Å². The number of aryl methyl sites for hydroxylation is 4. The molecular weight excluding hydrogens is 745 g/mol. The predicted octanol–water partition coefficient (Wildman–Crippen LogP) is 2.79. The number of hydrogen-bond acceptors (Lipinski definition) is 12. The number of hydrogen-bond donors (Lipinski definition) is 4. The lowest BCUT2D eigenvalue weighted by atomic mass is 10.2. The Labute approximate surface area is 307 Å². The molecule has 0 bridgehead atoms. The van der Waals surface area contributed by atoms with Gasteiger partial charge in [0, 0.05) is 26.2 Å². The van der Waals surface area contributed by atoms with Crippen LogP contribution in [0.3, 0.4) is 0 Å². The molecule has 4 aromatic rings. The van der Waals surface area contributed by atoms with Crippen LogP contribution in [0.25, 0.3) is 0 Å². The Kier molecular flexibility index (Phi) is 12.1. The third kappa shape index (κ3) is 8.50. The molecule has 4 N–H and O–H groups in total. The van der Waals surface area contributed by atoms with Crippen molar-refractivity contribution in [3.05, 3.63) is 119 Å². The van der Waals surface area contributed by atoms with Gasteiger partial charge in [-0.2, -0.15) is 0 Å². The monoisotopic (exact) mass is 788 g/mol. The molecule has 0 amide bonds. The minimum absolute atomic E-state index is 0.108. The van der Waals surface area contributed by atoms with E-state index in [9.17, 15) is 33.7 Å². The van der Waals surface area contributed by atoms with E-state index >= 15 is 0 Å². The van der Waals surface area contributed by atoms with E-state index in [2.05, 4.69) is 21.3 Å². The number of rotatable bonds is 8. The lowest BCUT2D eigenvalue weighted by molar-refractivity contribution is 0.431. The summed E-state index contributed by atoms with van der Waals surface area (Å²) in [5.74, 6) is 0. The van der Waals surface area contributed by atoms with Crippen LogP contribution in [-0.2, 0) is 39.3 Å². The van der Waals surface area contributed by atoms with Gasteiger partial charge in [-0.05, 0) is 76.2 Å². The molecule has 0 saturated carbocycles. The van der Waals surface area contributed by atoms with Crippen molar-refractivity contribution < 1.29 is 33.7 Å². The molecule has 16 heteroatoms. The van der Waals surface area contributed by atoms with Gasteiger partial charge in [0.05, 0.1) is 19.6 Å². The first-order valence-corrected chi connectivity index (χ1v) is 22.8. The van der Waals surface area contributed by atoms with Gasteiger partial charge in [0.15, 0.2) is 39.3 Å². The second-order valence-electron chi connectivity index (χ2n) is 12.9. The first kappa shape index (κ1) is 39.7. The van der Waals surface area contributed by atoms with Crippen LogP contribution in [0.15, 0.2) is 117 Å². The average molecular weight is 789 g/mol. The lowest BCUT2D eigenvalue weighted by Gasteiger charge is -2.32. The highest BCUT2D eigenvalue weighted by Crippen LogP contribution is 2.27. The van der Waals surface area contributed by atoms with Crippen molar-refractivity contribution in [2.24, 2.45) is 0 Å². The van der Waals surface area contributed by atoms with Crippen LogP contribution in [0, 0.1) is 27.7 Å². The Hall–Kier alpha value is -3.48. The van der Waals surface area contributed by atoms with Crippen LogP contribution >= 0.6 is 0 Å². The van der Waals surface area contributed by atoms with Gasteiger partial charge in [-0.1, -0.05) is 70.8 Å². The third-order valence-electron chi connectivity index (χ3n) is 8.92. The molecule has 0 unspecified atom stereocenters. The lowest BCUT2D eigenvalue weighted by Crippen LogP contribution is -2.61. The molecule has 4 aromatic carbocycles. The van der Waals surface area contributed by atoms with Crippen LogP contribution in [0.5, 0.6) is 0 Å². The van der Waals surface area contributed by atoms with Crippen LogP contribution < -0.4 is 21.3 Å². The first-order chi connectivity index (χ1) is 24.5. The summed E-state index contributed by atoms with van der Waals surface area (Å²) in [7, 11) is -17.6. The molecule has 0 spiro atoms.